The first-order chi connectivity index (χ1) is 15.1. The monoisotopic (exact) mass is 494 g/mol. The highest BCUT2D eigenvalue weighted by molar-refractivity contribution is 7.87. The van der Waals surface area contributed by atoms with E-state index in [1.807, 2.05) is 31.2 Å². The number of halogens is 2. The zero-order chi connectivity index (χ0) is 23.0. The molecular weight excluding hydrogens is 475 g/mol. The lowest BCUT2D eigenvalue weighted by atomic mass is 10.1. The van der Waals surface area contributed by atoms with E-state index in [0.717, 1.165) is 26.4 Å². The molecule has 0 bridgehead atoms. The number of benzene rings is 2. The smallest absolute Gasteiger partial charge is 0.280 e. The Morgan fingerprint density at radius 3 is 2.69 bits per heavy atom. The molecule has 11 heteroatoms. The van der Waals surface area contributed by atoms with Crippen LogP contribution in [0.25, 0.3) is 10.4 Å². The van der Waals surface area contributed by atoms with Crippen molar-refractivity contribution in [2.24, 2.45) is 0 Å². The van der Waals surface area contributed by atoms with Crippen molar-refractivity contribution < 1.29 is 17.6 Å². The van der Waals surface area contributed by atoms with E-state index in [9.17, 15) is 17.6 Å². The van der Waals surface area contributed by atoms with Gasteiger partial charge in [0.1, 0.15) is 16.9 Å². The SMILES string of the molecule is Cc1ccc(-c2cnc(C3CC(C(=O)Nc4ccc(F)c(Cl)c4)N(C)S(=O)(=O)N3)s2)cc1. The Kier molecular flexibility index (Phi) is 6.33. The quantitative estimate of drug-likeness (QED) is 0.570. The molecule has 2 N–H and O–H groups in total. The molecule has 4 rings (SSSR count). The van der Waals surface area contributed by atoms with Gasteiger partial charge in [-0.05, 0) is 37.1 Å². The third-order valence-corrected chi connectivity index (χ3v) is 8.26. The standard InChI is InChI=1S/C21H20ClFN4O3S2/c1-12-3-5-13(6-4-12)19-11-24-21(31-19)17-10-18(27(2)32(29,30)26-17)20(28)25-14-7-8-16(23)15(22)9-14/h3-9,11,17-18,26H,10H2,1-2H3,(H,25,28). The highest BCUT2D eigenvalue weighted by Gasteiger charge is 2.41. The summed E-state index contributed by atoms with van der Waals surface area (Å²) in [6, 6.07) is 10.1. The van der Waals surface area contributed by atoms with E-state index in [0.29, 0.717) is 5.01 Å². The van der Waals surface area contributed by atoms with Gasteiger partial charge >= 0.3 is 0 Å². The zero-order valence-corrected chi connectivity index (χ0v) is 19.6. The highest BCUT2D eigenvalue weighted by atomic mass is 35.5. The van der Waals surface area contributed by atoms with E-state index in [4.69, 9.17) is 11.6 Å². The molecule has 0 radical (unpaired) electrons. The van der Waals surface area contributed by atoms with Crippen LogP contribution in [0.5, 0.6) is 0 Å². The molecule has 1 amide bonds. The van der Waals surface area contributed by atoms with Crippen LogP contribution >= 0.6 is 22.9 Å². The Labute approximate surface area is 194 Å². The normalized spacial score (nSPS) is 20.8. The van der Waals surface area contributed by atoms with Crippen molar-refractivity contribution in [2.45, 2.75) is 25.4 Å². The molecule has 2 heterocycles. The molecule has 1 saturated heterocycles. The molecule has 1 aromatic heterocycles. The maximum atomic E-state index is 13.4. The van der Waals surface area contributed by atoms with Gasteiger partial charge in [-0.25, -0.2) is 9.37 Å². The largest absolute Gasteiger partial charge is 0.325 e. The van der Waals surface area contributed by atoms with Gasteiger partial charge in [-0.2, -0.15) is 17.4 Å². The van der Waals surface area contributed by atoms with Crippen LogP contribution in [0.1, 0.15) is 23.0 Å². The fourth-order valence-electron chi connectivity index (χ4n) is 3.37. The first-order valence-electron chi connectivity index (χ1n) is 9.68. The van der Waals surface area contributed by atoms with E-state index in [-0.39, 0.29) is 17.1 Å². The number of thiazole rings is 1. The number of nitrogens with zero attached hydrogens (tertiary/aromatic N) is 2. The van der Waals surface area contributed by atoms with Crippen LogP contribution in [0.2, 0.25) is 5.02 Å². The first-order valence-corrected chi connectivity index (χ1v) is 12.3. The molecular formula is C21H20ClFN4O3S2. The van der Waals surface area contributed by atoms with Crippen LogP contribution in [0.3, 0.4) is 0 Å². The fourth-order valence-corrected chi connectivity index (χ4v) is 5.87. The van der Waals surface area contributed by atoms with Crippen molar-refractivity contribution in [3.8, 4) is 10.4 Å². The molecule has 3 aromatic rings. The van der Waals surface area contributed by atoms with E-state index < -0.39 is 34.0 Å². The van der Waals surface area contributed by atoms with Crippen molar-refractivity contribution in [3.05, 3.63) is 70.1 Å². The average Bonchev–Trinajstić information content (AvgIpc) is 3.23. The predicted octanol–water partition coefficient (Wildman–Crippen LogP) is 4.13. The summed E-state index contributed by atoms with van der Waals surface area (Å²) >= 11 is 7.15. The van der Waals surface area contributed by atoms with E-state index in [1.165, 1.54) is 30.5 Å². The lowest BCUT2D eigenvalue weighted by Crippen LogP contribution is -2.55. The van der Waals surface area contributed by atoms with E-state index >= 15 is 0 Å². The van der Waals surface area contributed by atoms with Gasteiger partial charge < -0.3 is 5.32 Å². The number of nitrogens with one attached hydrogen (secondary N) is 2. The Morgan fingerprint density at radius 2 is 2.00 bits per heavy atom. The van der Waals surface area contributed by atoms with Gasteiger partial charge in [0.15, 0.2) is 0 Å². The molecule has 7 nitrogen and oxygen atoms in total. The van der Waals surface area contributed by atoms with Crippen LogP contribution in [-0.2, 0) is 15.0 Å². The van der Waals surface area contributed by atoms with E-state index in [1.54, 1.807) is 6.20 Å². The Hall–Kier alpha value is -2.37. The van der Waals surface area contributed by atoms with Gasteiger partial charge in [0.2, 0.25) is 5.91 Å². The molecule has 2 unspecified atom stereocenters. The summed E-state index contributed by atoms with van der Waals surface area (Å²) in [6.45, 7) is 2.00. The number of aryl methyl sites for hydroxylation is 1. The van der Waals surface area contributed by atoms with Gasteiger partial charge in [-0.1, -0.05) is 41.4 Å². The number of aromatic nitrogens is 1. The summed E-state index contributed by atoms with van der Waals surface area (Å²) in [4.78, 5) is 18.2. The van der Waals surface area contributed by atoms with Crippen molar-refractivity contribution in [1.29, 1.82) is 0 Å². The number of hydrogen-bond donors (Lipinski definition) is 2. The van der Waals surface area contributed by atoms with E-state index in [2.05, 4.69) is 15.0 Å². The summed E-state index contributed by atoms with van der Waals surface area (Å²) in [5.74, 6) is -1.15. The van der Waals surface area contributed by atoms with Crippen molar-refractivity contribution in [3.63, 3.8) is 0 Å². The van der Waals surface area contributed by atoms with Gasteiger partial charge in [0.25, 0.3) is 10.2 Å². The third-order valence-electron chi connectivity index (χ3n) is 5.22. The minimum absolute atomic E-state index is 0.140. The highest BCUT2D eigenvalue weighted by Crippen LogP contribution is 2.34. The summed E-state index contributed by atoms with van der Waals surface area (Å²) in [7, 11) is -2.58. The van der Waals surface area contributed by atoms with Crippen molar-refractivity contribution in [1.82, 2.24) is 14.0 Å². The van der Waals surface area contributed by atoms with Crippen LogP contribution < -0.4 is 10.0 Å². The fraction of sp³-hybridized carbons (Fsp3) is 0.238. The number of hydrogen-bond acceptors (Lipinski definition) is 5. The molecule has 0 aliphatic carbocycles. The molecule has 0 saturated carbocycles. The number of carbonyl (C=O) groups is 1. The molecule has 2 atom stereocenters. The third kappa shape index (κ3) is 4.69. The lowest BCUT2D eigenvalue weighted by molar-refractivity contribution is -0.120. The Morgan fingerprint density at radius 1 is 1.28 bits per heavy atom. The van der Waals surface area contributed by atoms with Gasteiger partial charge in [0, 0.05) is 18.9 Å². The van der Waals surface area contributed by atoms with Crippen molar-refractivity contribution in [2.75, 3.05) is 12.4 Å². The number of rotatable bonds is 4. The average molecular weight is 495 g/mol. The summed E-state index contributed by atoms with van der Waals surface area (Å²) < 4.78 is 42.3. The molecule has 0 spiro atoms. The minimum Gasteiger partial charge on any atom is -0.325 e. The second-order valence-electron chi connectivity index (χ2n) is 7.49. The predicted molar refractivity (Wildman–Crippen MR) is 123 cm³/mol. The van der Waals surface area contributed by atoms with Crippen LogP contribution in [0, 0.1) is 12.7 Å². The molecule has 32 heavy (non-hydrogen) atoms. The molecule has 1 fully saturated rings. The van der Waals surface area contributed by atoms with Gasteiger partial charge in [0.05, 0.1) is 15.9 Å². The second kappa shape index (κ2) is 8.87. The molecule has 2 aromatic carbocycles. The number of carbonyl (C=O) groups excluding carboxylic acids is 1. The molecule has 1 aliphatic heterocycles. The Bertz CT molecular complexity index is 1260. The van der Waals surface area contributed by atoms with Gasteiger partial charge in [-0.15, -0.1) is 11.3 Å². The number of likely N-dealkylation sites (N-methyl/N-ethyl adjacent to an activating group) is 1. The first kappa shape index (κ1) is 22.8. The number of anilines is 1. The molecule has 168 valence electrons. The van der Waals surface area contributed by atoms with Crippen LogP contribution in [-0.4, -0.2) is 36.7 Å². The Balaban J connectivity index is 1.56. The maximum Gasteiger partial charge on any atom is 0.280 e. The molecule has 1 aliphatic rings. The minimum atomic E-state index is -3.92. The maximum absolute atomic E-state index is 13.4. The zero-order valence-electron chi connectivity index (χ0n) is 17.2. The van der Waals surface area contributed by atoms with Gasteiger partial charge in [-0.3, -0.25) is 4.79 Å². The summed E-state index contributed by atoms with van der Waals surface area (Å²) in [6.07, 6.45) is 1.88. The van der Waals surface area contributed by atoms with Crippen LogP contribution in [0.15, 0.2) is 48.7 Å². The summed E-state index contributed by atoms with van der Waals surface area (Å²) in [5.41, 5.74) is 2.40. The van der Waals surface area contributed by atoms with Crippen LogP contribution in [0.4, 0.5) is 10.1 Å². The number of amides is 1. The topological polar surface area (TPSA) is 91.4 Å². The lowest BCUT2D eigenvalue weighted by Gasteiger charge is -2.35. The summed E-state index contributed by atoms with van der Waals surface area (Å²) in [5, 5.41) is 3.04. The second-order valence-corrected chi connectivity index (χ2v) is 10.7. The van der Waals surface area contributed by atoms with Crippen molar-refractivity contribution >= 4 is 44.7 Å².